The fourth-order valence-electron chi connectivity index (χ4n) is 1.37. The van der Waals surface area contributed by atoms with Crippen LogP contribution >= 0.6 is 11.6 Å². The van der Waals surface area contributed by atoms with Gasteiger partial charge in [-0.3, -0.25) is 4.79 Å². The van der Waals surface area contributed by atoms with E-state index in [1.54, 1.807) is 24.3 Å². The van der Waals surface area contributed by atoms with Gasteiger partial charge in [-0.1, -0.05) is 19.9 Å². The van der Waals surface area contributed by atoms with E-state index in [2.05, 4.69) is 5.32 Å². The molecule has 0 aliphatic rings. The summed E-state index contributed by atoms with van der Waals surface area (Å²) in [5.74, 6) is 0.457. The molecule has 1 amide bonds. The molecule has 0 bridgehead atoms. The summed E-state index contributed by atoms with van der Waals surface area (Å²) in [6.07, 6.45) is 0. The van der Waals surface area contributed by atoms with E-state index in [0.29, 0.717) is 17.0 Å². The van der Waals surface area contributed by atoms with Gasteiger partial charge in [0, 0.05) is 17.5 Å². The van der Waals surface area contributed by atoms with Crippen molar-refractivity contribution in [3.63, 3.8) is 0 Å². The molecule has 1 unspecified atom stereocenters. The Morgan fingerprint density at radius 2 is 2.24 bits per heavy atom. The van der Waals surface area contributed by atoms with Crippen molar-refractivity contribution in [2.75, 3.05) is 5.88 Å². The first-order valence-electron chi connectivity index (χ1n) is 5.45. The number of halogens is 1. The van der Waals surface area contributed by atoms with Crippen LogP contribution in [0.2, 0.25) is 0 Å². The fraction of sp³-hybridized carbons (Fsp3) is 0.385. The molecule has 1 aromatic carbocycles. The predicted molar refractivity (Wildman–Crippen MR) is 68.0 cm³/mol. The summed E-state index contributed by atoms with van der Waals surface area (Å²) in [6.45, 7) is 4.00. The summed E-state index contributed by atoms with van der Waals surface area (Å²) in [5, 5.41) is 11.6. The zero-order valence-corrected chi connectivity index (χ0v) is 10.7. The van der Waals surface area contributed by atoms with Crippen LogP contribution < -0.4 is 5.32 Å². The number of nitriles is 1. The number of carbonyl (C=O) groups excluding carboxylic acids is 1. The monoisotopic (exact) mass is 250 g/mol. The summed E-state index contributed by atoms with van der Waals surface area (Å²) >= 11 is 5.79. The zero-order valence-electron chi connectivity index (χ0n) is 9.90. The van der Waals surface area contributed by atoms with Crippen molar-refractivity contribution in [1.29, 1.82) is 5.26 Å². The van der Waals surface area contributed by atoms with Crippen LogP contribution in [0.1, 0.15) is 29.8 Å². The average Bonchev–Trinajstić information content (AvgIpc) is 2.35. The van der Waals surface area contributed by atoms with E-state index in [1.807, 2.05) is 19.9 Å². The molecule has 0 radical (unpaired) electrons. The van der Waals surface area contributed by atoms with Crippen LogP contribution in [0.3, 0.4) is 0 Å². The van der Waals surface area contributed by atoms with Crippen molar-refractivity contribution in [1.82, 2.24) is 5.32 Å². The first-order chi connectivity index (χ1) is 8.08. The van der Waals surface area contributed by atoms with E-state index in [-0.39, 0.29) is 17.9 Å². The molecule has 0 aliphatic heterocycles. The Kier molecular flexibility index (Phi) is 4.99. The number of hydrogen-bond acceptors (Lipinski definition) is 2. The molecule has 17 heavy (non-hydrogen) atoms. The Balaban J connectivity index is 2.79. The Bertz CT molecular complexity index is 437. The Labute approximate surface area is 106 Å². The number of nitrogens with one attached hydrogen (secondary N) is 1. The van der Waals surface area contributed by atoms with E-state index in [1.165, 1.54) is 0 Å². The van der Waals surface area contributed by atoms with Gasteiger partial charge in [0.05, 0.1) is 11.6 Å². The van der Waals surface area contributed by atoms with Crippen molar-refractivity contribution in [3.05, 3.63) is 35.4 Å². The van der Waals surface area contributed by atoms with Gasteiger partial charge >= 0.3 is 0 Å². The fourth-order valence-corrected chi connectivity index (χ4v) is 1.80. The molecule has 0 saturated carbocycles. The molecule has 0 aliphatic carbocycles. The van der Waals surface area contributed by atoms with Crippen LogP contribution in [0, 0.1) is 17.2 Å². The minimum Gasteiger partial charge on any atom is -0.348 e. The lowest BCUT2D eigenvalue weighted by Gasteiger charge is -2.19. The number of rotatable bonds is 4. The predicted octanol–water partition coefficient (Wildman–Crippen LogP) is 2.55. The lowest BCUT2D eigenvalue weighted by Crippen LogP contribution is -2.39. The highest BCUT2D eigenvalue weighted by Crippen LogP contribution is 2.08. The molecule has 90 valence electrons. The normalized spacial score (nSPS) is 11.9. The second kappa shape index (κ2) is 6.27. The molecule has 4 heteroatoms. The van der Waals surface area contributed by atoms with Gasteiger partial charge in [-0.05, 0) is 24.1 Å². The van der Waals surface area contributed by atoms with Crippen molar-refractivity contribution < 1.29 is 4.79 Å². The molecule has 0 saturated heterocycles. The van der Waals surface area contributed by atoms with Crippen LogP contribution in [-0.2, 0) is 0 Å². The van der Waals surface area contributed by atoms with Gasteiger partial charge in [0.25, 0.3) is 5.91 Å². The lowest BCUT2D eigenvalue weighted by atomic mass is 10.1. The van der Waals surface area contributed by atoms with Gasteiger partial charge in [0.2, 0.25) is 0 Å². The number of hydrogen-bond donors (Lipinski definition) is 1. The van der Waals surface area contributed by atoms with Crippen molar-refractivity contribution in [3.8, 4) is 6.07 Å². The molecular formula is C13H15ClN2O. The quantitative estimate of drug-likeness (QED) is 0.835. The maximum absolute atomic E-state index is 11.9. The zero-order chi connectivity index (χ0) is 12.8. The summed E-state index contributed by atoms with van der Waals surface area (Å²) in [4.78, 5) is 11.9. The summed E-state index contributed by atoms with van der Waals surface area (Å²) in [6, 6.07) is 8.56. The molecule has 0 aromatic heterocycles. The molecule has 0 spiro atoms. The third-order valence-electron chi connectivity index (χ3n) is 2.54. The minimum absolute atomic E-state index is 0.0603. The molecule has 1 rings (SSSR count). The number of amides is 1. The molecule has 3 nitrogen and oxygen atoms in total. The van der Waals surface area contributed by atoms with Crippen molar-refractivity contribution in [2.24, 2.45) is 5.92 Å². The highest BCUT2D eigenvalue weighted by Gasteiger charge is 2.16. The Hall–Kier alpha value is -1.53. The molecule has 1 atom stereocenters. The average molecular weight is 251 g/mol. The van der Waals surface area contributed by atoms with Crippen LogP contribution in [0.25, 0.3) is 0 Å². The van der Waals surface area contributed by atoms with Gasteiger partial charge in [0.15, 0.2) is 0 Å². The van der Waals surface area contributed by atoms with Crippen molar-refractivity contribution >= 4 is 17.5 Å². The number of carbonyl (C=O) groups is 1. The summed E-state index contributed by atoms with van der Waals surface area (Å²) < 4.78 is 0. The molecule has 1 aromatic rings. The highest BCUT2D eigenvalue weighted by atomic mass is 35.5. The van der Waals surface area contributed by atoms with Crippen LogP contribution in [0.15, 0.2) is 24.3 Å². The second-order valence-electron chi connectivity index (χ2n) is 4.17. The third kappa shape index (κ3) is 3.76. The van der Waals surface area contributed by atoms with E-state index >= 15 is 0 Å². The standard InChI is InChI=1S/C13H15ClN2O/c1-9(2)12(7-14)16-13(17)11-5-3-4-10(6-11)8-15/h3-6,9,12H,7H2,1-2H3,(H,16,17). The topological polar surface area (TPSA) is 52.9 Å². The summed E-state index contributed by atoms with van der Waals surface area (Å²) in [7, 11) is 0. The lowest BCUT2D eigenvalue weighted by molar-refractivity contribution is 0.0931. The minimum atomic E-state index is -0.193. The van der Waals surface area contributed by atoms with Gasteiger partial charge in [-0.15, -0.1) is 11.6 Å². The van der Waals surface area contributed by atoms with Crippen molar-refractivity contribution in [2.45, 2.75) is 19.9 Å². The van der Waals surface area contributed by atoms with Gasteiger partial charge in [-0.25, -0.2) is 0 Å². The smallest absolute Gasteiger partial charge is 0.251 e. The largest absolute Gasteiger partial charge is 0.348 e. The first-order valence-corrected chi connectivity index (χ1v) is 5.99. The Morgan fingerprint density at radius 1 is 1.53 bits per heavy atom. The van der Waals surface area contributed by atoms with Gasteiger partial charge < -0.3 is 5.32 Å². The SMILES string of the molecule is CC(C)C(CCl)NC(=O)c1cccc(C#N)c1. The molecule has 0 fully saturated rings. The Morgan fingerprint density at radius 3 is 2.76 bits per heavy atom. The number of benzene rings is 1. The second-order valence-corrected chi connectivity index (χ2v) is 4.48. The van der Waals surface area contributed by atoms with Gasteiger partial charge in [0.1, 0.15) is 0 Å². The number of nitrogens with zero attached hydrogens (tertiary/aromatic N) is 1. The maximum Gasteiger partial charge on any atom is 0.251 e. The van der Waals surface area contributed by atoms with Crippen LogP contribution in [0.5, 0.6) is 0 Å². The summed E-state index contributed by atoms with van der Waals surface area (Å²) in [5.41, 5.74) is 0.962. The van der Waals surface area contributed by atoms with Gasteiger partial charge in [-0.2, -0.15) is 5.26 Å². The van der Waals surface area contributed by atoms with E-state index in [9.17, 15) is 4.79 Å². The molecule has 1 N–H and O–H groups in total. The number of alkyl halides is 1. The van der Waals surface area contributed by atoms with E-state index < -0.39 is 0 Å². The molecule has 0 heterocycles. The molecular weight excluding hydrogens is 236 g/mol. The highest BCUT2D eigenvalue weighted by molar-refractivity contribution is 6.18. The van der Waals surface area contributed by atoms with E-state index in [0.717, 1.165) is 0 Å². The van der Waals surface area contributed by atoms with Crippen LogP contribution in [-0.4, -0.2) is 17.8 Å². The first kappa shape index (κ1) is 13.5. The maximum atomic E-state index is 11.9. The third-order valence-corrected chi connectivity index (χ3v) is 2.87. The van der Waals surface area contributed by atoms with E-state index in [4.69, 9.17) is 16.9 Å². The van der Waals surface area contributed by atoms with Crippen LogP contribution in [0.4, 0.5) is 0 Å².